The van der Waals surface area contributed by atoms with E-state index in [9.17, 15) is 13.2 Å². The Labute approximate surface area is 109 Å². The maximum atomic E-state index is 12.3. The summed E-state index contributed by atoms with van der Waals surface area (Å²) < 4.78 is 30.5. The highest BCUT2D eigenvalue weighted by atomic mass is 32.2. The molecule has 18 heavy (non-hydrogen) atoms. The van der Waals surface area contributed by atoms with Gasteiger partial charge in [-0.3, -0.25) is 4.79 Å². The lowest BCUT2D eigenvalue weighted by Gasteiger charge is -2.20. The SMILES string of the molecule is COC(=O)[C@H]1CCCN1S(=O)(=O)c1cnc(N)s1. The van der Waals surface area contributed by atoms with Crippen LogP contribution in [-0.4, -0.2) is 43.4 Å². The minimum absolute atomic E-state index is 0.0517. The molecule has 7 nitrogen and oxygen atoms in total. The first-order valence-corrected chi connectivity index (χ1v) is 7.53. The van der Waals surface area contributed by atoms with E-state index >= 15 is 0 Å². The van der Waals surface area contributed by atoms with Crippen LogP contribution in [0.25, 0.3) is 0 Å². The fourth-order valence-electron chi connectivity index (χ4n) is 1.91. The normalized spacial score (nSPS) is 21.1. The molecule has 0 amide bonds. The van der Waals surface area contributed by atoms with Crippen molar-refractivity contribution in [2.24, 2.45) is 0 Å². The molecule has 2 heterocycles. The number of methoxy groups -OCH3 is 1. The van der Waals surface area contributed by atoms with Crippen molar-refractivity contribution < 1.29 is 17.9 Å². The summed E-state index contributed by atoms with van der Waals surface area (Å²) in [6.45, 7) is 0.305. The van der Waals surface area contributed by atoms with E-state index in [1.165, 1.54) is 13.3 Å². The van der Waals surface area contributed by atoms with Crippen LogP contribution in [0.1, 0.15) is 12.8 Å². The Bertz CT molecular complexity index is 554. The number of sulfonamides is 1. The van der Waals surface area contributed by atoms with Gasteiger partial charge in [0.1, 0.15) is 6.04 Å². The summed E-state index contributed by atoms with van der Waals surface area (Å²) >= 11 is 0.888. The average Bonchev–Trinajstić information content (AvgIpc) is 2.96. The molecular weight excluding hydrogens is 278 g/mol. The topological polar surface area (TPSA) is 103 Å². The van der Waals surface area contributed by atoms with Gasteiger partial charge in [0.15, 0.2) is 9.34 Å². The number of nitrogens with two attached hydrogens (primary N) is 1. The smallest absolute Gasteiger partial charge is 0.324 e. The number of nitrogen functional groups attached to an aromatic ring is 1. The minimum Gasteiger partial charge on any atom is -0.468 e. The predicted molar refractivity (Wildman–Crippen MR) is 65.5 cm³/mol. The quantitative estimate of drug-likeness (QED) is 0.789. The Morgan fingerprint density at radius 2 is 2.39 bits per heavy atom. The van der Waals surface area contributed by atoms with E-state index in [-0.39, 0.29) is 9.34 Å². The molecule has 1 fully saturated rings. The van der Waals surface area contributed by atoms with Crippen LogP contribution in [0, 0.1) is 0 Å². The molecule has 1 atom stereocenters. The van der Waals surface area contributed by atoms with Crippen molar-refractivity contribution in [3.8, 4) is 0 Å². The first-order valence-electron chi connectivity index (χ1n) is 5.28. The van der Waals surface area contributed by atoms with E-state index < -0.39 is 22.0 Å². The number of ether oxygens (including phenoxy) is 1. The summed E-state index contributed by atoms with van der Waals surface area (Å²) in [6.07, 6.45) is 2.31. The number of carbonyl (C=O) groups is 1. The van der Waals surface area contributed by atoms with Crippen molar-refractivity contribution in [1.29, 1.82) is 0 Å². The van der Waals surface area contributed by atoms with Gasteiger partial charge in [-0.25, -0.2) is 13.4 Å². The summed E-state index contributed by atoms with van der Waals surface area (Å²) in [7, 11) is -2.47. The number of hydrogen-bond acceptors (Lipinski definition) is 7. The van der Waals surface area contributed by atoms with Crippen LogP contribution in [0.3, 0.4) is 0 Å². The van der Waals surface area contributed by atoms with Crippen LogP contribution in [-0.2, 0) is 19.6 Å². The molecule has 0 spiro atoms. The number of thiazole rings is 1. The highest BCUT2D eigenvalue weighted by molar-refractivity contribution is 7.91. The van der Waals surface area contributed by atoms with Crippen molar-refractivity contribution in [1.82, 2.24) is 9.29 Å². The van der Waals surface area contributed by atoms with Gasteiger partial charge in [0, 0.05) is 6.54 Å². The van der Waals surface area contributed by atoms with Gasteiger partial charge < -0.3 is 10.5 Å². The molecule has 1 aliphatic heterocycles. The Hall–Kier alpha value is -1.19. The molecular formula is C9H13N3O4S2. The molecule has 2 rings (SSSR count). The Morgan fingerprint density at radius 1 is 1.67 bits per heavy atom. The number of rotatable bonds is 3. The highest BCUT2D eigenvalue weighted by Crippen LogP contribution is 2.30. The number of anilines is 1. The van der Waals surface area contributed by atoms with E-state index in [1.54, 1.807) is 0 Å². The van der Waals surface area contributed by atoms with Crippen LogP contribution in [0.4, 0.5) is 5.13 Å². The number of carbonyl (C=O) groups excluding carboxylic acids is 1. The van der Waals surface area contributed by atoms with E-state index in [2.05, 4.69) is 9.72 Å². The minimum atomic E-state index is -3.71. The van der Waals surface area contributed by atoms with Gasteiger partial charge in [0.25, 0.3) is 10.0 Å². The van der Waals surface area contributed by atoms with Crippen molar-refractivity contribution in [2.45, 2.75) is 23.1 Å². The van der Waals surface area contributed by atoms with Crippen molar-refractivity contribution in [3.63, 3.8) is 0 Å². The molecule has 1 aromatic rings. The van der Waals surface area contributed by atoms with Crippen molar-refractivity contribution in [3.05, 3.63) is 6.20 Å². The summed E-state index contributed by atoms with van der Waals surface area (Å²) in [5, 5.41) is 0.183. The molecule has 1 aromatic heterocycles. The molecule has 1 aliphatic rings. The van der Waals surface area contributed by atoms with Crippen LogP contribution in [0.15, 0.2) is 10.4 Å². The third-order valence-corrected chi connectivity index (χ3v) is 5.91. The molecule has 1 saturated heterocycles. The molecule has 100 valence electrons. The molecule has 0 aliphatic carbocycles. The van der Waals surface area contributed by atoms with Crippen molar-refractivity contribution >= 4 is 32.5 Å². The zero-order chi connectivity index (χ0) is 13.3. The fourth-order valence-corrected chi connectivity index (χ4v) is 4.60. The van der Waals surface area contributed by atoms with Gasteiger partial charge in [-0.1, -0.05) is 11.3 Å². The molecule has 0 unspecified atom stereocenters. The third kappa shape index (κ3) is 2.20. The lowest BCUT2D eigenvalue weighted by molar-refractivity contribution is -0.144. The number of aromatic nitrogens is 1. The third-order valence-electron chi connectivity index (χ3n) is 2.74. The van der Waals surface area contributed by atoms with Gasteiger partial charge in [-0.05, 0) is 12.8 Å². The monoisotopic (exact) mass is 291 g/mol. The lowest BCUT2D eigenvalue weighted by Crippen LogP contribution is -2.40. The fraction of sp³-hybridized carbons (Fsp3) is 0.556. The van der Waals surface area contributed by atoms with Crippen LogP contribution in [0.2, 0.25) is 0 Å². The van der Waals surface area contributed by atoms with Crippen LogP contribution < -0.4 is 5.73 Å². The molecule has 0 aromatic carbocycles. The number of hydrogen-bond donors (Lipinski definition) is 1. The van der Waals surface area contributed by atoms with Gasteiger partial charge in [0.05, 0.1) is 13.3 Å². The second-order valence-electron chi connectivity index (χ2n) is 3.81. The Kier molecular flexibility index (Phi) is 3.55. The maximum absolute atomic E-state index is 12.3. The van der Waals surface area contributed by atoms with E-state index in [0.717, 1.165) is 15.6 Å². The Morgan fingerprint density at radius 3 is 2.94 bits per heavy atom. The molecule has 0 bridgehead atoms. The summed E-state index contributed by atoms with van der Waals surface area (Å²) in [4.78, 5) is 15.3. The van der Waals surface area contributed by atoms with Gasteiger partial charge in [-0.15, -0.1) is 0 Å². The standard InChI is InChI=1S/C9H13N3O4S2/c1-16-8(13)6-3-2-4-12(6)18(14,15)7-5-11-9(10)17-7/h5-6H,2-4H2,1H3,(H2,10,11)/t6-/m1/s1. The Balaban J connectivity index is 2.32. The molecule has 0 saturated carbocycles. The number of esters is 1. The lowest BCUT2D eigenvalue weighted by atomic mass is 10.2. The summed E-state index contributed by atoms with van der Waals surface area (Å²) in [5.74, 6) is -0.534. The number of nitrogens with zero attached hydrogens (tertiary/aromatic N) is 2. The zero-order valence-electron chi connectivity index (χ0n) is 9.70. The predicted octanol–water partition coefficient (Wildman–Crippen LogP) is 0.0514. The van der Waals surface area contributed by atoms with E-state index in [4.69, 9.17) is 5.73 Å². The molecule has 2 N–H and O–H groups in total. The second-order valence-corrected chi connectivity index (χ2v) is 6.99. The van der Waals surface area contributed by atoms with Crippen LogP contribution in [0.5, 0.6) is 0 Å². The summed E-state index contributed by atoms with van der Waals surface area (Å²) in [5.41, 5.74) is 5.43. The first-order chi connectivity index (χ1) is 8.46. The highest BCUT2D eigenvalue weighted by Gasteiger charge is 2.40. The van der Waals surface area contributed by atoms with Gasteiger partial charge in [-0.2, -0.15) is 4.31 Å². The van der Waals surface area contributed by atoms with Gasteiger partial charge >= 0.3 is 5.97 Å². The first kappa shape index (κ1) is 13.2. The maximum Gasteiger partial charge on any atom is 0.324 e. The van der Waals surface area contributed by atoms with Crippen molar-refractivity contribution in [2.75, 3.05) is 19.4 Å². The summed E-state index contributed by atoms with van der Waals surface area (Å²) in [6, 6.07) is -0.747. The second kappa shape index (κ2) is 4.82. The van der Waals surface area contributed by atoms with E-state index in [1.807, 2.05) is 0 Å². The molecule has 9 heteroatoms. The van der Waals surface area contributed by atoms with Gasteiger partial charge in [0.2, 0.25) is 0 Å². The molecule has 0 radical (unpaired) electrons. The van der Waals surface area contributed by atoms with E-state index in [0.29, 0.717) is 19.4 Å². The zero-order valence-corrected chi connectivity index (χ0v) is 11.3. The average molecular weight is 291 g/mol. The largest absolute Gasteiger partial charge is 0.468 e. The van der Waals surface area contributed by atoms with Crippen LogP contribution >= 0.6 is 11.3 Å².